The van der Waals surface area contributed by atoms with Crippen LogP contribution in [0.5, 0.6) is 0 Å². The SMILES string of the molecule is [Cl-].[Cl-].[Cl-].[Cl-].[Cl-].[Na+].[Zr+4]. The zero-order valence-corrected chi connectivity index (χ0v) is 11.6. The van der Waals surface area contributed by atoms with Crippen molar-refractivity contribution in [2.24, 2.45) is 0 Å². The Hall–Kier alpha value is 3.33. The van der Waals surface area contributed by atoms with Crippen molar-refractivity contribution in [2.75, 3.05) is 0 Å². The predicted octanol–water partition coefficient (Wildman–Crippen LogP) is -18.0. The van der Waals surface area contributed by atoms with Gasteiger partial charge in [-0.25, -0.2) is 0 Å². The molecule has 7 heavy (non-hydrogen) atoms. The molecule has 0 N–H and O–H groups in total. The Morgan fingerprint density at radius 1 is 0.429 bits per heavy atom. The summed E-state index contributed by atoms with van der Waals surface area (Å²) < 4.78 is 0. The van der Waals surface area contributed by atoms with E-state index in [0.717, 1.165) is 0 Å². The molecule has 0 aromatic carbocycles. The molecule has 0 radical (unpaired) electrons. The zero-order valence-electron chi connectivity index (χ0n) is 3.39. The fourth-order valence-electron chi connectivity index (χ4n) is 0. The molecule has 0 amide bonds. The van der Waals surface area contributed by atoms with Crippen LogP contribution in [0.1, 0.15) is 0 Å². The summed E-state index contributed by atoms with van der Waals surface area (Å²) in [6.07, 6.45) is 0. The molecule has 0 aromatic heterocycles. The third-order valence-electron chi connectivity index (χ3n) is 0. The van der Waals surface area contributed by atoms with E-state index in [2.05, 4.69) is 0 Å². The Morgan fingerprint density at radius 2 is 0.429 bits per heavy atom. The van der Waals surface area contributed by atoms with Crippen LogP contribution in [0.4, 0.5) is 0 Å². The van der Waals surface area contributed by atoms with Crippen LogP contribution in [-0.4, -0.2) is 0 Å². The standard InChI is InChI=1S/5ClH.Na.Zr/h5*1H;;/q;;;;;+1;+4/p-5. The second-order valence-corrected chi connectivity index (χ2v) is 0. The summed E-state index contributed by atoms with van der Waals surface area (Å²) in [5.74, 6) is 0. The first-order valence-electron chi connectivity index (χ1n) is 0. The first-order valence-corrected chi connectivity index (χ1v) is 0. The molecule has 0 aliphatic carbocycles. The Labute approximate surface area is 116 Å². The molecule has 40 valence electrons. The average Bonchev–Trinajstić information content (AvgIpc) is 0. The Morgan fingerprint density at radius 3 is 0.429 bits per heavy atom. The normalized spacial score (nSPS) is 0. The van der Waals surface area contributed by atoms with Gasteiger partial charge in [-0.15, -0.1) is 0 Å². The molecule has 0 unspecified atom stereocenters. The van der Waals surface area contributed by atoms with Crippen LogP contribution >= 0.6 is 0 Å². The van der Waals surface area contributed by atoms with E-state index in [1.54, 1.807) is 0 Å². The first-order chi connectivity index (χ1) is 0. The maximum Gasteiger partial charge on any atom is 4.00 e. The Kier molecular flexibility index (Phi) is 675. The predicted molar refractivity (Wildman–Crippen MR) is 0 cm³/mol. The monoisotopic (exact) mass is 288 g/mol. The summed E-state index contributed by atoms with van der Waals surface area (Å²) >= 11 is 0. The Bertz CT molecular complexity index is 8.04. The largest absolute Gasteiger partial charge is 4.00 e. The van der Waals surface area contributed by atoms with Crippen LogP contribution in [-0.2, 0) is 26.2 Å². The third kappa shape index (κ3) is 45.2. The molecular formula is Cl5NaZr. The van der Waals surface area contributed by atoms with Crippen LogP contribution in [0.25, 0.3) is 0 Å². The van der Waals surface area contributed by atoms with Crippen molar-refractivity contribution in [1.29, 1.82) is 0 Å². The molecule has 0 aliphatic heterocycles. The van der Waals surface area contributed by atoms with Gasteiger partial charge in [0.25, 0.3) is 0 Å². The molecule has 0 saturated heterocycles. The van der Waals surface area contributed by atoms with Gasteiger partial charge in [0.05, 0.1) is 0 Å². The van der Waals surface area contributed by atoms with E-state index in [4.69, 9.17) is 0 Å². The minimum Gasteiger partial charge on any atom is -1.00 e. The summed E-state index contributed by atoms with van der Waals surface area (Å²) in [6, 6.07) is 0. The van der Waals surface area contributed by atoms with Gasteiger partial charge in [-0.3, -0.25) is 0 Å². The number of rotatable bonds is 0. The quantitative estimate of drug-likeness (QED) is 0.389. The number of halogens is 5. The van der Waals surface area contributed by atoms with Crippen molar-refractivity contribution < 1.29 is 118 Å². The molecule has 0 saturated carbocycles. The molecule has 0 rings (SSSR count). The maximum absolute atomic E-state index is 0. The topological polar surface area (TPSA) is 0 Å². The molecule has 7 heteroatoms. The van der Waals surface area contributed by atoms with Crippen LogP contribution < -0.4 is 91.6 Å². The molecule has 0 spiro atoms. The van der Waals surface area contributed by atoms with Gasteiger partial charge in [-0.1, -0.05) is 0 Å². The maximum atomic E-state index is 0. The van der Waals surface area contributed by atoms with Crippen molar-refractivity contribution >= 4 is 0 Å². The summed E-state index contributed by atoms with van der Waals surface area (Å²) in [4.78, 5) is 0. The molecule has 0 nitrogen and oxygen atoms in total. The molecule has 0 aliphatic rings. The van der Waals surface area contributed by atoms with E-state index in [1.807, 2.05) is 0 Å². The fourth-order valence-corrected chi connectivity index (χ4v) is 0. The molecule has 0 fully saturated rings. The third-order valence-corrected chi connectivity index (χ3v) is 0. The summed E-state index contributed by atoms with van der Waals surface area (Å²) in [5.41, 5.74) is 0. The first kappa shape index (κ1) is 81.0. The van der Waals surface area contributed by atoms with E-state index in [1.165, 1.54) is 0 Å². The zero-order chi connectivity index (χ0) is 0. The van der Waals surface area contributed by atoms with E-state index in [0.29, 0.717) is 0 Å². The van der Waals surface area contributed by atoms with E-state index in [9.17, 15) is 0 Å². The smallest absolute Gasteiger partial charge is 1.00 e. The van der Waals surface area contributed by atoms with Crippen LogP contribution in [0, 0.1) is 0 Å². The fraction of sp³-hybridized carbons (Fsp3) is 0. The van der Waals surface area contributed by atoms with Gasteiger partial charge in [0.2, 0.25) is 0 Å². The average molecular weight is 291 g/mol. The van der Waals surface area contributed by atoms with E-state index in [-0.39, 0.29) is 118 Å². The van der Waals surface area contributed by atoms with Crippen molar-refractivity contribution in [3.63, 3.8) is 0 Å². The minimum absolute atomic E-state index is 0. The van der Waals surface area contributed by atoms with Crippen molar-refractivity contribution in [3.8, 4) is 0 Å². The summed E-state index contributed by atoms with van der Waals surface area (Å²) in [6.45, 7) is 0. The molecular weight excluding hydrogens is 291 g/mol. The molecule has 0 bridgehead atoms. The van der Waals surface area contributed by atoms with Crippen LogP contribution in [0.3, 0.4) is 0 Å². The van der Waals surface area contributed by atoms with Gasteiger partial charge >= 0.3 is 55.8 Å². The Balaban J connectivity index is 0. The van der Waals surface area contributed by atoms with E-state index < -0.39 is 0 Å². The molecule has 0 heterocycles. The minimum atomic E-state index is 0. The number of hydrogen-bond acceptors (Lipinski definition) is 0. The van der Waals surface area contributed by atoms with Gasteiger partial charge in [0.1, 0.15) is 0 Å². The van der Waals surface area contributed by atoms with Crippen molar-refractivity contribution in [1.82, 2.24) is 0 Å². The van der Waals surface area contributed by atoms with Gasteiger partial charge in [-0.2, -0.15) is 0 Å². The molecule has 0 atom stereocenters. The summed E-state index contributed by atoms with van der Waals surface area (Å²) in [5, 5.41) is 0. The van der Waals surface area contributed by atoms with E-state index >= 15 is 0 Å². The summed E-state index contributed by atoms with van der Waals surface area (Å²) in [7, 11) is 0. The number of hydrogen-bond donors (Lipinski definition) is 0. The van der Waals surface area contributed by atoms with Crippen LogP contribution in [0.15, 0.2) is 0 Å². The molecule has 0 aromatic rings. The van der Waals surface area contributed by atoms with Crippen LogP contribution in [0.2, 0.25) is 0 Å². The van der Waals surface area contributed by atoms with Crippen molar-refractivity contribution in [2.45, 2.75) is 0 Å². The van der Waals surface area contributed by atoms with Crippen molar-refractivity contribution in [3.05, 3.63) is 0 Å². The van der Waals surface area contributed by atoms with Gasteiger partial charge in [0, 0.05) is 0 Å². The second kappa shape index (κ2) is 58.3. The van der Waals surface area contributed by atoms with Gasteiger partial charge in [0.15, 0.2) is 0 Å². The van der Waals surface area contributed by atoms with Gasteiger partial charge < -0.3 is 62.0 Å². The van der Waals surface area contributed by atoms with Gasteiger partial charge in [-0.05, 0) is 0 Å². The second-order valence-electron chi connectivity index (χ2n) is 0.